The van der Waals surface area contributed by atoms with Gasteiger partial charge in [-0.05, 0) is 29.8 Å². The van der Waals surface area contributed by atoms with Crippen molar-refractivity contribution < 1.29 is 9.53 Å². The monoisotopic (exact) mass is 310 g/mol. The first-order valence-electron chi connectivity index (χ1n) is 5.80. The summed E-state index contributed by atoms with van der Waals surface area (Å²) >= 11 is 12.1. The van der Waals surface area contributed by atoms with E-state index in [4.69, 9.17) is 33.8 Å². The van der Waals surface area contributed by atoms with E-state index in [1.54, 1.807) is 42.5 Å². The number of carbonyl (C=O) groups is 1. The highest BCUT2D eigenvalue weighted by Gasteiger charge is 2.09. The third-order valence-electron chi connectivity index (χ3n) is 2.58. The normalized spacial score (nSPS) is 10.2. The molecular weight excluding hydrogens is 299 g/mol. The minimum Gasteiger partial charge on any atom is -0.454 e. The molecule has 2 rings (SSSR count). The first-order valence-corrected chi connectivity index (χ1v) is 6.56. The molecule has 0 aliphatic heterocycles. The average Bonchev–Trinajstić information content (AvgIpc) is 2.44. The van der Waals surface area contributed by atoms with Crippen LogP contribution in [0.4, 0.5) is 0 Å². The number of amides is 1. The highest BCUT2D eigenvalue weighted by atomic mass is 35.5. The second-order valence-corrected chi connectivity index (χ2v) is 4.86. The lowest BCUT2D eigenvalue weighted by Crippen LogP contribution is -2.31. The molecule has 104 valence electrons. The maximum atomic E-state index is 11.3. The molecule has 0 fully saturated rings. The summed E-state index contributed by atoms with van der Waals surface area (Å²) in [6.45, 7) is 0. The van der Waals surface area contributed by atoms with E-state index in [0.717, 1.165) is 5.56 Å². The molecule has 1 amide bonds. The molecule has 0 spiro atoms. The Labute approximate surface area is 126 Å². The first-order chi connectivity index (χ1) is 9.60. The Bertz CT molecular complexity index is 632. The zero-order chi connectivity index (χ0) is 14.5. The van der Waals surface area contributed by atoms with Crippen LogP contribution < -0.4 is 16.0 Å². The van der Waals surface area contributed by atoms with Crippen molar-refractivity contribution in [3.63, 3.8) is 0 Å². The van der Waals surface area contributed by atoms with Crippen LogP contribution in [0.1, 0.15) is 5.56 Å². The predicted octanol–water partition coefficient (Wildman–Crippen LogP) is 3.32. The minimum atomic E-state index is -0.295. The highest BCUT2D eigenvalue weighted by molar-refractivity contribution is 6.32. The van der Waals surface area contributed by atoms with Crippen LogP contribution in [0.25, 0.3) is 0 Å². The van der Waals surface area contributed by atoms with Crippen LogP contribution in [0.2, 0.25) is 10.0 Å². The Hall–Kier alpha value is -1.75. The topological polar surface area (TPSA) is 64.3 Å². The van der Waals surface area contributed by atoms with Gasteiger partial charge in [-0.15, -0.1) is 0 Å². The van der Waals surface area contributed by atoms with Gasteiger partial charge in [0.1, 0.15) is 11.5 Å². The van der Waals surface area contributed by atoms with Crippen molar-refractivity contribution in [3.05, 3.63) is 58.1 Å². The number of hydrogen-bond donors (Lipinski definition) is 2. The second-order valence-electron chi connectivity index (χ2n) is 4.04. The van der Waals surface area contributed by atoms with E-state index in [-0.39, 0.29) is 12.3 Å². The third kappa shape index (κ3) is 3.63. The molecule has 0 saturated heterocycles. The molecule has 20 heavy (non-hydrogen) atoms. The fourth-order valence-electron chi connectivity index (χ4n) is 1.62. The number of hydrazine groups is 1. The highest BCUT2D eigenvalue weighted by Crippen LogP contribution is 2.33. The largest absolute Gasteiger partial charge is 0.454 e. The van der Waals surface area contributed by atoms with Crippen LogP contribution in [0.5, 0.6) is 11.5 Å². The van der Waals surface area contributed by atoms with E-state index in [9.17, 15) is 4.79 Å². The molecule has 0 atom stereocenters. The van der Waals surface area contributed by atoms with E-state index < -0.39 is 0 Å². The van der Waals surface area contributed by atoms with E-state index in [0.29, 0.717) is 21.5 Å². The molecule has 0 heterocycles. The van der Waals surface area contributed by atoms with Crippen molar-refractivity contribution in [3.8, 4) is 11.5 Å². The molecular formula is C14H12Cl2N2O2. The number of carbonyl (C=O) groups excluding carboxylic acids is 1. The molecule has 0 aliphatic rings. The van der Waals surface area contributed by atoms with Gasteiger partial charge in [0.2, 0.25) is 5.91 Å². The number of nitrogens with one attached hydrogen (secondary N) is 1. The van der Waals surface area contributed by atoms with Crippen LogP contribution in [-0.4, -0.2) is 5.91 Å². The maximum Gasteiger partial charge on any atom is 0.238 e. The van der Waals surface area contributed by atoms with Crippen LogP contribution >= 0.6 is 23.2 Å². The fourth-order valence-corrected chi connectivity index (χ4v) is 1.95. The van der Waals surface area contributed by atoms with Crippen molar-refractivity contribution in [1.29, 1.82) is 0 Å². The predicted molar refractivity (Wildman–Crippen MR) is 79.0 cm³/mol. The van der Waals surface area contributed by atoms with Crippen molar-refractivity contribution in [1.82, 2.24) is 5.43 Å². The van der Waals surface area contributed by atoms with Gasteiger partial charge >= 0.3 is 0 Å². The Balaban J connectivity index is 2.25. The third-order valence-corrected chi connectivity index (χ3v) is 3.20. The zero-order valence-corrected chi connectivity index (χ0v) is 11.9. The Kier molecular flexibility index (Phi) is 4.84. The summed E-state index contributed by atoms with van der Waals surface area (Å²) in [5.74, 6) is 5.69. The number of halogens is 2. The summed E-state index contributed by atoms with van der Waals surface area (Å²) in [6.07, 6.45) is 0.145. The number of benzene rings is 2. The summed E-state index contributed by atoms with van der Waals surface area (Å²) in [5.41, 5.74) is 2.81. The van der Waals surface area contributed by atoms with Gasteiger partial charge in [-0.2, -0.15) is 0 Å². The number of para-hydroxylation sites is 1. The fraction of sp³-hybridized carbons (Fsp3) is 0.0714. The number of rotatable bonds is 4. The minimum absolute atomic E-state index is 0.145. The van der Waals surface area contributed by atoms with Gasteiger partial charge in [-0.3, -0.25) is 10.2 Å². The van der Waals surface area contributed by atoms with Gasteiger partial charge < -0.3 is 4.74 Å². The molecule has 0 aromatic heterocycles. The van der Waals surface area contributed by atoms with E-state index in [1.807, 2.05) is 0 Å². The molecule has 0 radical (unpaired) electrons. The summed E-state index contributed by atoms with van der Waals surface area (Å²) in [6, 6.07) is 12.1. The van der Waals surface area contributed by atoms with Crippen LogP contribution in [0.3, 0.4) is 0 Å². The van der Waals surface area contributed by atoms with E-state index in [1.165, 1.54) is 0 Å². The summed E-state index contributed by atoms with van der Waals surface area (Å²) < 4.78 is 5.67. The van der Waals surface area contributed by atoms with Crippen LogP contribution in [0.15, 0.2) is 42.5 Å². The van der Waals surface area contributed by atoms with Crippen molar-refractivity contribution in [2.75, 3.05) is 0 Å². The van der Waals surface area contributed by atoms with Crippen molar-refractivity contribution in [2.24, 2.45) is 5.84 Å². The Morgan fingerprint density at radius 3 is 2.50 bits per heavy atom. The zero-order valence-electron chi connectivity index (χ0n) is 10.4. The number of ether oxygens (including phenoxy) is 1. The van der Waals surface area contributed by atoms with E-state index in [2.05, 4.69) is 5.43 Å². The molecule has 6 heteroatoms. The van der Waals surface area contributed by atoms with Crippen LogP contribution in [-0.2, 0) is 11.2 Å². The van der Waals surface area contributed by atoms with Gasteiger partial charge in [-0.25, -0.2) is 5.84 Å². The van der Waals surface area contributed by atoms with E-state index >= 15 is 0 Å². The lowest BCUT2D eigenvalue weighted by Gasteiger charge is -2.10. The molecule has 0 aliphatic carbocycles. The summed E-state index contributed by atoms with van der Waals surface area (Å²) in [5, 5.41) is 0.912. The molecule has 0 bridgehead atoms. The standard InChI is InChI=1S/C14H12Cl2N2O2/c15-10-3-1-2-4-12(10)20-13-7-9(5-6-11(13)16)8-14(19)18-17/h1-7H,8,17H2,(H,18,19). The molecule has 2 aromatic carbocycles. The van der Waals surface area contributed by atoms with Crippen molar-refractivity contribution in [2.45, 2.75) is 6.42 Å². The molecule has 0 saturated carbocycles. The first kappa shape index (κ1) is 14.7. The van der Waals surface area contributed by atoms with Crippen molar-refractivity contribution >= 4 is 29.1 Å². The van der Waals surface area contributed by atoms with Gasteiger partial charge in [0.15, 0.2) is 0 Å². The van der Waals surface area contributed by atoms with Gasteiger partial charge in [0.05, 0.1) is 16.5 Å². The molecule has 2 aromatic rings. The SMILES string of the molecule is NNC(=O)Cc1ccc(Cl)c(Oc2ccccc2Cl)c1. The smallest absolute Gasteiger partial charge is 0.238 e. The maximum absolute atomic E-state index is 11.3. The van der Waals surface area contributed by atoms with Gasteiger partial charge in [0, 0.05) is 0 Å². The van der Waals surface area contributed by atoms with Crippen LogP contribution in [0, 0.1) is 0 Å². The Morgan fingerprint density at radius 1 is 1.10 bits per heavy atom. The average molecular weight is 311 g/mol. The summed E-state index contributed by atoms with van der Waals surface area (Å²) in [7, 11) is 0. The Morgan fingerprint density at radius 2 is 1.80 bits per heavy atom. The molecule has 3 N–H and O–H groups in total. The molecule has 0 unspecified atom stereocenters. The number of hydrogen-bond acceptors (Lipinski definition) is 3. The quantitative estimate of drug-likeness (QED) is 0.517. The molecule has 4 nitrogen and oxygen atoms in total. The van der Waals surface area contributed by atoms with Gasteiger partial charge in [0.25, 0.3) is 0 Å². The number of nitrogens with two attached hydrogens (primary N) is 1. The van der Waals surface area contributed by atoms with Gasteiger partial charge in [-0.1, -0.05) is 41.4 Å². The lowest BCUT2D eigenvalue weighted by atomic mass is 10.1. The summed E-state index contributed by atoms with van der Waals surface area (Å²) in [4.78, 5) is 11.3. The lowest BCUT2D eigenvalue weighted by molar-refractivity contribution is -0.120. The second kappa shape index (κ2) is 6.61.